The Morgan fingerprint density at radius 1 is 1.14 bits per heavy atom. The molecular weight excluding hydrogens is 262 g/mol. The van der Waals surface area contributed by atoms with E-state index in [-0.39, 0.29) is 11.6 Å². The summed E-state index contributed by atoms with van der Waals surface area (Å²) in [5, 5.41) is 5.20. The fourth-order valence-electron chi connectivity index (χ4n) is 2.47. The van der Waals surface area contributed by atoms with Gasteiger partial charge in [0.2, 0.25) is 0 Å². The molecule has 4 heteroatoms. The SMILES string of the molecule is CC(NCc1ccncc1)c1c[nH]c(=O)c2ccccc12. The van der Waals surface area contributed by atoms with Crippen LogP contribution >= 0.6 is 0 Å². The Kier molecular flexibility index (Phi) is 3.79. The summed E-state index contributed by atoms with van der Waals surface area (Å²) in [6.45, 7) is 2.86. The first kappa shape index (κ1) is 13.5. The Labute approximate surface area is 122 Å². The summed E-state index contributed by atoms with van der Waals surface area (Å²) in [7, 11) is 0. The van der Waals surface area contributed by atoms with E-state index in [1.54, 1.807) is 18.6 Å². The van der Waals surface area contributed by atoms with Crippen LogP contribution in [-0.2, 0) is 6.54 Å². The van der Waals surface area contributed by atoms with Crippen LogP contribution < -0.4 is 10.9 Å². The molecule has 2 aromatic heterocycles. The molecule has 106 valence electrons. The maximum Gasteiger partial charge on any atom is 0.255 e. The number of pyridine rings is 2. The van der Waals surface area contributed by atoms with Gasteiger partial charge in [0, 0.05) is 36.6 Å². The molecule has 0 amide bonds. The van der Waals surface area contributed by atoms with Crippen molar-refractivity contribution < 1.29 is 0 Å². The average Bonchev–Trinajstić information content (AvgIpc) is 2.54. The highest BCUT2D eigenvalue weighted by Gasteiger charge is 2.10. The van der Waals surface area contributed by atoms with E-state index < -0.39 is 0 Å². The molecule has 1 unspecified atom stereocenters. The molecule has 0 aliphatic rings. The third-order valence-corrected chi connectivity index (χ3v) is 3.67. The van der Waals surface area contributed by atoms with Gasteiger partial charge in [-0.3, -0.25) is 9.78 Å². The highest BCUT2D eigenvalue weighted by Crippen LogP contribution is 2.21. The Bertz CT molecular complexity index is 796. The predicted octanol–water partition coefficient (Wildman–Crippen LogP) is 2.77. The van der Waals surface area contributed by atoms with E-state index in [4.69, 9.17) is 0 Å². The van der Waals surface area contributed by atoms with Gasteiger partial charge in [-0.25, -0.2) is 0 Å². The van der Waals surface area contributed by atoms with E-state index in [2.05, 4.69) is 22.2 Å². The molecule has 21 heavy (non-hydrogen) atoms. The van der Waals surface area contributed by atoms with E-state index in [9.17, 15) is 4.79 Å². The molecule has 0 aliphatic heterocycles. The smallest absolute Gasteiger partial charge is 0.255 e. The fourth-order valence-corrected chi connectivity index (χ4v) is 2.47. The van der Waals surface area contributed by atoms with Crippen molar-refractivity contribution in [2.75, 3.05) is 0 Å². The normalized spacial score (nSPS) is 12.4. The molecule has 1 atom stereocenters. The van der Waals surface area contributed by atoms with Gasteiger partial charge < -0.3 is 10.3 Å². The van der Waals surface area contributed by atoms with Crippen LogP contribution in [0.3, 0.4) is 0 Å². The molecule has 2 N–H and O–H groups in total. The molecule has 1 aromatic carbocycles. The van der Waals surface area contributed by atoms with Crippen LogP contribution in [0.5, 0.6) is 0 Å². The van der Waals surface area contributed by atoms with Crippen LogP contribution in [0, 0.1) is 0 Å². The minimum atomic E-state index is -0.0457. The lowest BCUT2D eigenvalue weighted by Crippen LogP contribution is -2.20. The highest BCUT2D eigenvalue weighted by atomic mass is 16.1. The molecule has 0 fully saturated rings. The standard InChI is InChI=1S/C17H17N3O/c1-12(19-10-13-6-8-18-9-7-13)16-11-20-17(21)15-5-3-2-4-14(15)16/h2-9,11-12,19H,10H2,1H3,(H,20,21). The topological polar surface area (TPSA) is 57.8 Å². The summed E-state index contributed by atoms with van der Waals surface area (Å²) in [5.41, 5.74) is 2.24. The predicted molar refractivity (Wildman–Crippen MR) is 84.1 cm³/mol. The second-order valence-corrected chi connectivity index (χ2v) is 5.08. The summed E-state index contributed by atoms with van der Waals surface area (Å²) in [6, 6.07) is 11.8. The Balaban J connectivity index is 1.87. The van der Waals surface area contributed by atoms with Crippen LogP contribution in [-0.4, -0.2) is 9.97 Å². The number of fused-ring (bicyclic) bond motifs is 1. The van der Waals surface area contributed by atoms with Gasteiger partial charge in [-0.05, 0) is 41.6 Å². The number of aromatic amines is 1. The van der Waals surface area contributed by atoms with Crippen molar-refractivity contribution in [3.8, 4) is 0 Å². The van der Waals surface area contributed by atoms with Gasteiger partial charge in [0.25, 0.3) is 5.56 Å². The average molecular weight is 279 g/mol. The summed E-state index contributed by atoms with van der Waals surface area (Å²) < 4.78 is 0. The van der Waals surface area contributed by atoms with E-state index in [1.807, 2.05) is 36.4 Å². The molecule has 0 saturated carbocycles. The molecule has 0 radical (unpaired) electrons. The molecular formula is C17H17N3O. The van der Waals surface area contributed by atoms with Crippen LogP contribution in [0.25, 0.3) is 10.8 Å². The summed E-state index contributed by atoms with van der Waals surface area (Å²) in [5.74, 6) is 0. The third-order valence-electron chi connectivity index (χ3n) is 3.67. The van der Waals surface area contributed by atoms with E-state index in [1.165, 1.54) is 5.56 Å². The van der Waals surface area contributed by atoms with Crippen LogP contribution in [0.2, 0.25) is 0 Å². The number of H-pyrrole nitrogens is 1. The highest BCUT2D eigenvalue weighted by molar-refractivity contribution is 5.84. The lowest BCUT2D eigenvalue weighted by atomic mass is 10.0. The van der Waals surface area contributed by atoms with Gasteiger partial charge in [0.05, 0.1) is 0 Å². The number of rotatable bonds is 4. The number of aromatic nitrogens is 2. The maximum absolute atomic E-state index is 11.8. The van der Waals surface area contributed by atoms with Crippen LogP contribution in [0.15, 0.2) is 59.8 Å². The molecule has 2 heterocycles. The van der Waals surface area contributed by atoms with Crippen molar-refractivity contribution in [2.24, 2.45) is 0 Å². The van der Waals surface area contributed by atoms with E-state index >= 15 is 0 Å². The van der Waals surface area contributed by atoms with Crippen molar-refractivity contribution >= 4 is 10.8 Å². The van der Waals surface area contributed by atoms with Crippen molar-refractivity contribution in [2.45, 2.75) is 19.5 Å². The van der Waals surface area contributed by atoms with Gasteiger partial charge in [0.15, 0.2) is 0 Å². The number of nitrogens with zero attached hydrogens (tertiary/aromatic N) is 1. The summed E-state index contributed by atoms with van der Waals surface area (Å²) in [4.78, 5) is 18.7. The Morgan fingerprint density at radius 2 is 1.86 bits per heavy atom. The van der Waals surface area contributed by atoms with Gasteiger partial charge in [-0.2, -0.15) is 0 Å². The van der Waals surface area contributed by atoms with E-state index in [0.29, 0.717) is 0 Å². The molecule has 0 saturated heterocycles. The van der Waals surface area contributed by atoms with Crippen molar-refractivity contribution in [1.82, 2.24) is 15.3 Å². The first-order valence-corrected chi connectivity index (χ1v) is 6.98. The first-order chi connectivity index (χ1) is 10.3. The Hall–Kier alpha value is -2.46. The van der Waals surface area contributed by atoms with Gasteiger partial charge in [-0.15, -0.1) is 0 Å². The lowest BCUT2D eigenvalue weighted by Gasteiger charge is -2.16. The maximum atomic E-state index is 11.8. The monoisotopic (exact) mass is 279 g/mol. The minimum absolute atomic E-state index is 0.0457. The molecule has 4 nitrogen and oxygen atoms in total. The lowest BCUT2D eigenvalue weighted by molar-refractivity contribution is 0.576. The zero-order valence-electron chi connectivity index (χ0n) is 11.8. The molecule has 0 aliphatic carbocycles. The molecule has 3 rings (SSSR count). The van der Waals surface area contributed by atoms with Crippen molar-refractivity contribution in [1.29, 1.82) is 0 Å². The van der Waals surface area contributed by atoms with Gasteiger partial charge in [0.1, 0.15) is 0 Å². The molecule has 0 bridgehead atoms. The van der Waals surface area contributed by atoms with Crippen LogP contribution in [0.4, 0.5) is 0 Å². The van der Waals surface area contributed by atoms with Crippen molar-refractivity contribution in [3.05, 3.63) is 76.5 Å². The van der Waals surface area contributed by atoms with E-state index in [0.717, 1.165) is 22.9 Å². The van der Waals surface area contributed by atoms with Crippen LogP contribution in [0.1, 0.15) is 24.1 Å². The minimum Gasteiger partial charge on any atom is -0.328 e. The Morgan fingerprint density at radius 3 is 2.62 bits per heavy atom. The van der Waals surface area contributed by atoms with Gasteiger partial charge >= 0.3 is 0 Å². The van der Waals surface area contributed by atoms with Crippen molar-refractivity contribution in [3.63, 3.8) is 0 Å². The third kappa shape index (κ3) is 2.85. The molecule has 0 spiro atoms. The number of hydrogen-bond acceptors (Lipinski definition) is 3. The fraction of sp³-hybridized carbons (Fsp3) is 0.176. The number of hydrogen-bond donors (Lipinski definition) is 2. The zero-order chi connectivity index (χ0) is 14.7. The second kappa shape index (κ2) is 5.89. The number of nitrogens with one attached hydrogen (secondary N) is 2. The summed E-state index contributed by atoms with van der Waals surface area (Å²) >= 11 is 0. The second-order valence-electron chi connectivity index (χ2n) is 5.08. The summed E-state index contributed by atoms with van der Waals surface area (Å²) in [6.07, 6.45) is 5.38. The molecule has 3 aromatic rings. The number of benzene rings is 1. The largest absolute Gasteiger partial charge is 0.328 e. The quantitative estimate of drug-likeness (QED) is 0.772. The first-order valence-electron chi connectivity index (χ1n) is 6.98. The van der Waals surface area contributed by atoms with Gasteiger partial charge in [-0.1, -0.05) is 18.2 Å². The zero-order valence-corrected chi connectivity index (χ0v) is 11.8.